The molecular formula is C8H14F2N2O. The Morgan fingerprint density at radius 2 is 2.31 bits per heavy atom. The average molecular weight is 192 g/mol. The van der Waals surface area contributed by atoms with Crippen molar-refractivity contribution in [2.45, 2.75) is 19.3 Å². The first kappa shape index (κ1) is 10.4. The first-order valence-corrected chi connectivity index (χ1v) is 4.35. The lowest BCUT2D eigenvalue weighted by atomic mass is 10.2. The normalized spacial score (nSPS) is 19.3. The number of alkyl halides is 2. The Bertz CT molecular complexity index is 191. The zero-order valence-corrected chi connectivity index (χ0v) is 7.65. The molecule has 0 aromatic rings. The maximum Gasteiger partial charge on any atom is 0.247 e. The fourth-order valence-corrected chi connectivity index (χ4v) is 1.21. The summed E-state index contributed by atoms with van der Waals surface area (Å²) in [5.41, 5.74) is 0. The smallest absolute Gasteiger partial charge is 0.247 e. The predicted molar refractivity (Wildman–Crippen MR) is 44.7 cm³/mol. The number of carbonyl (C=O) groups excluding carboxylic acids is 1. The summed E-state index contributed by atoms with van der Waals surface area (Å²) in [7, 11) is 0. The third-order valence-electron chi connectivity index (χ3n) is 2.01. The van der Waals surface area contributed by atoms with Crippen molar-refractivity contribution >= 4 is 5.91 Å². The molecule has 0 bridgehead atoms. The summed E-state index contributed by atoms with van der Waals surface area (Å²) in [5, 5.41) is 2.88. The number of nitrogens with zero attached hydrogens (tertiary/aromatic N) is 1. The van der Waals surface area contributed by atoms with Crippen molar-refractivity contribution in [2.24, 2.45) is 0 Å². The number of amides is 1. The van der Waals surface area contributed by atoms with E-state index < -0.39 is 5.92 Å². The first-order valence-electron chi connectivity index (χ1n) is 4.35. The van der Waals surface area contributed by atoms with Crippen LogP contribution in [0.5, 0.6) is 0 Å². The van der Waals surface area contributed by atoms with Gasteiger partial charge in [0.05, 0.1) is 6.54 Å². The van der Waals surface area contributed by atoms with Gasteiger partial charge < -0.3 is 10.2 Å². The first-order chi connectivity index (χ1) is 5.99. The highest BCUT2D eigenvalue weighted by Crippen LogP contribution is 2.17. The van der Waals surface area contributed by atoms with Crippen LogP contribution in [-0.4, -0.2) is 42.9 Å². The Hall–Kier alpha value is -0.710. The van der Waals surface area contributed by atoms with Gasteiger partial charge in [0.2, 0.25) is 11.8 Å². The molecule has 1 heterocycles. The van der Waals surface area contributed by atoms with Crippen LogP contribution in [0.1, 0.15) is 13.3 Å². The van der Waals surface area contributed by atoms with Crippen LogP contribution in [0.4, 0.5) is 8.78 Å². The summed E-state index contributed by atoms with van der Waals surface area (Å²) in [6.45, 7) is 2.54. The maximum atomic E-state index is 12.5. The molecule has 0 spiro atoms. The summed E-state index contributed by atoms with van der Waals surface area (Å²) in [6.07, 6.45) is -0.251. The fourth-order valence-electron chi connectivity index (χ4n) is 1.21. The zero-order chi connectivity index (χ0) is 9.90. The van der Waals surface area contributed by atoms with Crippen LogP contribution < -0.4 is 5.32 Å². The fraction of sp³-hybridized carbons (Fsp3) is 0.875. The van der Waals surface area contributed by atoms with Gasteiger partial charge in [0, 0.05) is 26.1 Å². The zero-order valence-electron chi connectivity index (χ0n) is 7.65. The van der Waals surface area contributed by atoms with Crippen molar-refractivity contribution in [1.82, 2.24) is 10.2 Å². The van der Waals surface area contributed by atoms with Crippen LogP contribution >= 0.6 is 0 Å². The SMILES string of the molecule is CC(F)(F)CCN1CCNCC1=O. The number of rotatable bonds is 3. The van der Waals surface area contributed by atoms with Crippen molar-refractivity contribution in [3.8, 4) is 0 Å². The van der Waals surface area contributed by atoms with Crippen LogP contribution in [0.2, 0.25) is 0 Å². The molecule has 1 amide bonds. The Kier molecular flexibility index (Phi) is 3.19. The Balaban J connectivity index is 2.31. The lowest BCUT2D eigenvalue weighted by molar-refractivity contribution is -0.132. The monoisotopic (exact) mass is 192 g/mol. The molecule has 0 aromatic heterocycles. The van der Waals surface area contributed by atoms with E-state index in [-0.39, 0.29) is 25.4 Å². The van der Waals surface area contributed by atoms with Gasteiger partial charge in [-0.2, -0.15) is 0 Å². The number of halogens is 2. The average Bonchev–Trinajstić information content (AvgIpc) is 2.01. The molecule has 1 rings (SSSR count). The van der Waals surface area contributed by atoms with Crippen LogP contribution in [-0.2, 0) is 4.79 Å². The number of hydrogen-bond donors (Lipinski definition) is 1. The third-order valence-corrected chi connectivity index (χ3v) is 2.01. The lowest BCUT2D eigenvalue weighted by Crippen LogP contribution is -2.48. The van der Waals surface area contributed by atoms with E-state index in [0.717, 1.165) is 6.92 Å². The number of hydrogen-bond acceptors (Lipinski definition) is 2. The molecule has 5 heteroatoms. The van der Waals surface area contributed by atoms with Gasteiger partial charge in [-0.1, -0.05) is 0 Å². The molecule has 0 saturated carbocycles. The molecule has 13 heavy (non-hydrogen) atoms. The minimum atomic E-state index is -2.68. The summed E-state index contributed by atoms with van der Waals surface area (Å²) >= 11 is 0. The van der Waals surface area contributed by atoms with E-state index in [1.165, 1.54) is 4.90 Å². The van der Waals surface area contributed by atoms with Gasteiger partial charge in [-0.15, -0.1) is 0 Å². The molecule has 0 aromatic carbocycles. The summed E-state index contributed by atoms with van der Waals surface area (Å²) in [6, 6.07) is 0. The van der Waals surface area contributed by atoms with E-state index in [1.54, 1.807) is 0 Å². The van der Waals surface area contributed by atoms with Crippen molar-refractivity contribution in [3.05, 3.63) is 0 Å². The maximum absolute atomic E-state index is 12.5. The molecule has 76 valence electrons. The van der Waals surface area contributed by atoms with Crippen molar-refractivity contribution in [1.29, 1.82) is 0 Å². The highest BCUT2D eigenvalue weighted by Gasteiger charge is 2.24. The van der Waals surface area contributed by atoms with Gasteiger partial charge in [0.15, 0.2) is 0 Å². The van der Waals surface area contributed by atoms with E-state index in [9.17, 15) is 13.6 Å². The standard InChI is InChI=1S/C8H14F2N2O/c1-8(9,10)2-4-12-5-3-11-6-7(12)13/h11H,2-6H2,1H3. The minimum absolute atomic E-state index is 0.0875. The van der Waals surface area contributed by atoms with E-state index in [2.05, 4.69) is 5.32 Å². The van der Waals surface area contributed by atoms with Crippen molar-refractivity contribution in [2.75, 3.05) is 26.2 Å². The van der Waals surface area contributed by atoms with Gasteiger partial charge >= 0.3 is 0 Å². The molecule has 1 aliphatic heterocycles. The molecule has 1 N–H and O–H groups in total. The molecule has 0 radical (unpaired) electrons. The van der Waals surface area contributed by atoms with Crippen molar-refractivity contribution < 1.29 is 13.6 Å². The highest BCUT2D eigenvalue weighted by atomic mass is 19.3. The molecule has 0 aliphatic carbocycles. The molecule has 1 aliphatic rings. The van der Waals surface area contributed by atoms with Gasteiger partial charge in [-0.25, -0.2) is 8.78 Å². The van der Waals surface area contributed by atoms with Crippen LogP contribution in [0.25, 0.3) is 0 Å². The number of carbonyl (C=O) groups is 1. The van der Waals surface area contributed by atoms with Crippen LogP contribution in [0.3, 0.4) is 0 Å². The topological polar surface area (TPSA) is 32.3 Å². The number of piperazine rings is 1. The summed E-state index contributed by atoms with van der Waals surface area (Å²) in [5.74, 6) is -2.76. The van der Waals surface area contributed by atoms with E-state index in [4.69, 9.17) is 0 Å². The minimum Gasteiger partial charge on any atom is -0.340 e. The molecule has 0 atom stereocenters. The van der Waals surface area contributed by atoms with E-state index >= 15 is 0 Å². The molecular weight excluding hydrogens is 178 g/mol. The largest absolute Gasteiger partial charge is 0.340 e. The molecule has 1 saturated heterocycles. The predicted octanol–water partition coefficient (Wildman–Crippen LogP) is 0.464. The summed E-state index contributed by atoms with van der Waals surface area (Å²) in [4.78, 5) is 12.6. The van der Waals surface area contributed by atoms with Gasteiger partial charge in [-0.05, 0) is 6.92 Å². The van der Waals surface area contributed by atoms with E-state index in [0.29, 0.717) is 13.1 Å². The molecule has 0 unspecified atom stereocenters. The van der Waals surface area contributed by atoms with Gasteiger partial charge in [0.25, 0.3) is 0 Å². The number of nitrogens with one attached hydrogen (secondary N) is 1. The second-order valence-corrected chi connectivity index (χ2v) is 3.38. The van der Waals surface area contributed by atoms with Crippen molar-refractivity contribution in [3.63, 3.8) is 0 Å². The van der Waals surface area contributed by atoms with Crippen LogP contribution in [0.15, 0.2) is 0 Å². The van der Waals surface area contributed by atoms with Gasteiger partial charge in [0.1, 0.15) is 0 Å². The molecule has 1 fully saturated rings. The second-order valence-electron chi connectivity index (χ2n) is 3.38. The quantitative estimate of drug-likeness (QED) is 0.704. The second kappa shape index (κ2) is 4.00. The Labute approximate surface area is 76.1 Å². The Morgan fingerprint density at radius 1 is 1.62 bits per heavy atom. The van der Waals surface area contributed by atoms with Crippen LogP contribution in [0, 0.1) is 0 Å². The van der Waals surface area contributed by atoms with Gasteiger partial charge in [-0.3, -0.25) is 4.79 Å². The van der Waals surface area contributed by atoms with E-state index in [1.807, 2.05) is 0 Å². The summed E-state index contributed by atoms with van der Waals surface area (Å²) < 4.78 is 24.9. The molecule has 3 nitrogen and oxygen atoms in total. The highest BCUT2D eigenvalue weighted by molar-refractivity contribution is 5.78. The lowest BCUT2D eigenvalue weighted by Gasteiger charge is -2.28. The Morgan fingerprint density at radius 3 is 2.85 bits per heavy atom. The third kappa shape index (κ3) is 3.67.